The highest BCUT2D eigenvalue weighted by molar-refractivity contribution is 5.77. The molecule has 11 heavy (non-hydrogen) atoms. The molecule has 0 atom stereocenters. The predicted molar refractivity (Wildman–Crippen MR) is 46.4 cm³/mol. The second kappa shape index (κ2) is 5.92. The maximum absolute atomic E-state index is 10.8. The topological polar surface area (TPSA) is 41.1 Å². The van der Waals surface area contributed by atoms with Crippen LogP contribution in [0.1, 0.15) is 13.8 Å². The maximum atomic E-state index is 10.8. The van der Waals surface area contributed by atoms with Crippen molar-refractivity contribution in [3.8, 4) is 0 Å². The van der Waals surface area contributed by atoms with Crippen molar-refractivity contribution in [3.63, 3.8) is 0 Å². The third-order valence-corrected chi connectivity index (χ3v) is 1.09. The van der Waals surface area contributed by atoms with E-state index in [1.54, 1.807) is 0 Å². The Morgan fingerprint density at radius 2 is 2.09 bits per heavy atom. The van der Waals surface area contributed by atoms with Gasteiger partial charge >= 0.3 is 0 Å². The number of likely N-dealkylation sites (N-methyl/N-ethyl adjacent to an activating group) is 1. The van der Waals surface area contributed by atoms with E-state index in [1.807, 2.05) is 13.8 Å². The minimum atomic E-state index is 0.0359. The van der Waals surface area contributed by atoms with Crippen LogP contribution >= 0.6 is 0 Å². The number of carbonyl (C=O) groups is 1. The van der Waals surface area contributed by atoms with Crippen molar-refractivity contribution in [1.29, 1.82) is 0 Å². The van der Waals surface area contributed by atoms with Crippen molar-refractivity contribution in [1.82, 2.24) is 10.6 Å². The van der Waals surface area contributed by atoms with E-state index >= 15 is 0 Å². The number of rotatable bonds is 5. The summed E-state index contributed by atoms with van der Waals surface area (Å²) in [6.45, 7) is 9.29. The maximum Gasteiger partial charge on any atom is 0.233 e. The molecule has 2 N–H and O–H groups in total. The first-order chi connectivity index (χ1) is 5.16. The first-order valence-electron chi connectivity index (χ1n) is 3.78. The highest BCUT2D eigenvalue weighted by Gasteiger charge is 1.96. The summed E-state index contributed by atoms with van der Waals surface area (Å²) in [6.07, 6.45) is 0. The Balaban J connectivity index is 3.24. The molecule has 0 unspecified atom stereocenters. The number of hydrogen-bond acceptors (Lipinski definition) is 2. The summed E-state index contributed by atoms with van der Waals surface area (Å²) in [4.78, 5) is 10.8. The number of amides is 1. The summed E-state index contributed by atoms with van der Waals surface area (Å²) in [5.41, 5.74) is 1.04. The van der Waals surface area contributed by atoms with Gasteiger partial charge < -0.3 is 10.6 Å². The molecular formula is C8H16N2O. The SMILES string of the molecule is C=C(C)CNCC(=O)NCC. The van der Waals surface area contributed by atoms with Crippen molar-refractivity contribution in [2.45, 2.75) is 13.8 Å². The standard InChI is InChI=1S/C8H16N2O/c1-4-10-8(11)6-9-5-7(2)3/h9H,2,4-6H2,1,3H3,(H,10,11). The van der Waals surface area contributed by atoms with E-state index in [4.69, 9.17) is 0 Å². The van der Waals surface area contributed by atoms with Gasteiger partial charge in [-0.05, 0) is 13.8 Å². The van der Waals surface area contributed by atoms with E-state index in [0.29, 0.717) is 19.6 Å². The third-order valence-electron chi connectivity index (χ3n) is 1.09. The minimum Gasteiger partial charge on any atom is -0.355 e. The van der Waals surface area contributed by atoms with E-state index in [-0.39, 0.29) is 5.91 Å². The smallest absolute Gasteiger partial charge is 0.233 e. The quantitative estimate of drug-likeness (QED) is 0.562. The van der Waals surface area contributed by atoms with Crippen LogP contribution in [0.15, 0.2) is 12.2 Å². The molecule has 0 aromatic carbocycles. The lowest BCUT2D eigenvalue weighted by Crippen LogP contribution is -2.34. The lowest BCUT2D eigenvalue weighted by molar-refractivity contribution is -0.120. The summed E-state index contributed by atoms with van der Waals surface area (Å²) in [6, 6.07) is 0. The van der Waals surface area contributed by atoms with Gasteiger partial charge in [-0.15, -0.1) is 0 Å². The molecule has 3 heteroatoms. The third kappa shape index (κ3) is 7.06. The van der Waals surface area contributed by atoms with Gasteiger partial charge in [-0.2, -0.15) is 0 Å². The minimum absolute atomic E-state index is 0.0359. The number of hydrogen-bond donors (Lipinski definition) is 2. The largest absolute Gasteiger partial charge is 0.355 e. The van der Waals surface area contributed by atoms with Gasteiger partial charge in [-0.3, -0.25) is 4.79 Å². The molecule has 0 aliphatic heterocycles. The van der Waals surface area contributed by atoms with Crippen molar-refractivity contribution in [2.24, 2.45) is 0 Å². The van der Waals surface area contributed by atoms with Gasteiger partial charge in [0.15, 0.2) is 0 Å². The molecule has 0 bridgehead atoms. The van der Waals surface area contributed by atoms with Crippen LogP contribution < -0.4 is 10.6 Å². The number of nitrogens with one attached hydrogen (secondary N) is 2. The van der Waals surface area contributed by atoms with E-state index in [0.717, 1.165) is 5.57 Å². The second-order valence-corrected chi connectivity index (χ2v) is 2.51. The molecule has 0 spiro atoms. The van der Waals surface area contributed by atoms with E-state index < -0.39 is 0 Å². The second-order valence-electron chi connectivity index (χ2n) is 2.51. The van der Waals surface area contributed by atoms with E-state index in [9.17, 15) is 4.79 Å². The van der Waals surface area contributed by atoms with Crippen molar-refractivity contribution in [3.05, 3.63) is 12.2 Å². The van der Waals surface area contributed by atoms with Gasteiger partial charge in [0.25, 0.3) is 0 Å². The van der Waals surface area contributed by atoms with Crippen LogP contribution in [0.5, 0.6) is 0 Å². The Morgan fingerprint density at radius 1 is 1.45 bits per heavy atom. The van der Waals surface area contributed by atoms with Gasteiger partial charge in [-0.25, -0.2) is 0 Å². The average Bonchev–Trinajstić information content (AvgIpc) is 1.87. The average molecular weight is 156 g/mol. The molecule has 0 radical (unpaired) electrons. The highest BCUT2D eigenvalue weighted by atomic mass is 16.1. The molecule has 0 saturated carbocycles. The summed E-state index contributed by atoms with van der Waals surface area (Å²) in [5.74, 6) is 0.0359. The monoisotopic (exact) mass is 156 g/mol. The first kappa shape index (κ1) is 10.2. The normalized spacial score (nSPS) is 9.27. The molecule has 1 amide bonds. The van der Waals surface area contributed by atoms with Crippen LogP contribution in [0.25, 0.3) is 0 Å². The molecule has 0 rings (SSSR count). The molecule has 0 fully saturated rings. The van der Waals surface area contributed by atoms with Crippen LogP contribution in [-0.4, -0.2) is 25.5 Å². The van der Waals surface area contributed by atoms with Crippen molar-refractivity contribution >= 4 is 5.91 Å². The van der Waals surface area contributed by atoms with Crippen LogP contribution in [0.4, 0.5) is 0 Å². The Bertz CT molecular complexity index is 143. The van der Waals surface area contributed by atoms with Crippen molar-refractivity contribution < 1.29 is 4.79 Å². The van der Waals surface area contributed by atoms with E-state index in [2.05, 4.69) is 17.2 Å². The van der Waals surface area contributed by atoms with Gasteiger partial charge in [0, 0.05) is 13.1 Å². The lowest BCUT2D eigenvalue weighted by Gasteiger charge is -2.03. The molecule has 0 aromatic rings. The Morgan fingerprint density at radius 3 is 2.55 bits per heavy atom. The summed E-state index contributed by atoms with van der Waals surface area (Å²) < 4.78 is 0. The van der Waals surface area contributed by atoms with Crippen LogP contribution in [0.2, 0.25) is 0 Å². The Hall–Kier alpha value is -0.830. The fourth-order valence-electron chi connectivity index (χ4n) is 0.649. The summed E-state index contributed by atoms with van der Waals surface area (Å²) >= 11 is 0. The van der Waals surface area contributed by atoms with Crippen LogP contribution in [0.3, 0.4) is 0 Å². The number of carbonyl (C=O) groups excluding carboxylic acids is 1. The van der Waals surface area contributed by atoms with E-state index in [1.165, 1.54) is 0 Å². The summed E-state index contributed by atoms with van der Waals surface area (Å²) in [7, 11) is 0. The molecule has 0 saturated heterocycles. The van der Waals surface area contributed by atoms with Gasteiger partial charge in [0.1, 0.15) is 0 Å². The van der Waals surface area contributed by atoms with Gasteiger partial charge in [-0.1, -0.05) is 12.2 Å². The molecule has 3 nitrogen and oxygen atoms in total. The first-order valence-corrected chi connectivity index (χ1v) is 3.78. The lowest BCUT2D eigenvalue weighted by atomic mass is 10.3. The summed E-state index contributed by atoms with van der Waals surface area (Å²) in [5, 5.41) is 5.65. The molecule has 0 heterocycles. The molecule has 0 aromatic heterocycles. The molecular weight excluding hydrogens is 140 g/mol. The van der Waals surface area contributed by atoms with Crippen molar-refractivity contribution in [2.75, 3.05) is 19.6 Å². The molecule has 0 aliphatic rings. The van der Waals surface area contributed by atoms with Crippen LogP contribution in [0, 0.1) is 0 Å². The van der Waals surface area contributed by atoms with Crippen LogP contribution in [-0.2, 0) is 4.79 Å². The van der Waals surface area contributed by atoms with Gasteiger partial charge in [0.2, 0.25) is 5.91 Å². The Labute approximate surface area is 67.9 Å². The fraction of sp³-hybridized carbons (Fsp3) is 0.625. The zero-order valence-electron chi connectivity index (χ0n) is 7.24. The molecule has 0 aliphatic carbocycles. The zero-order chi connectivity index (χ0) is 8.69. The van der Waals surface area contributed by atoms with Gasteiger partial charge in [0.05, 0.1) is 6.54 Å². The zero-order valence-corrected chi connectivity index (χ0v) is 7.24. The predicted octanol–water partition coefficient (Wildman–Crippen LogP) is 0.288. The Kier molecular flexibility index (Phi) is 5.47. The highest BCUT2D eigenvalue weighted by Crippen LogP contribution is 1.79. The molecule has 64 valence electrons. The fourth-order valence-corrected chi connectivity index (χ4v) is 0.649.